The average Bonchev–Trinajstić information content (AvgIpc) is 2.71. The zero-order valence-electron chi connectivity index (χ0n) is 18.8. The Morgan fingerprint density at radius 1 is 1.13 bits per heavy atom. The molecule has 2 rings (SSSR count). The SMILES string of the molecule is CCOc1cc(CNCCCOC(C)C)cc(Cl)c1OCC(=O)Nc1ccc(C)cc1. The third-order valence-electron chi connectivity index (χ3n) is 4.33. The van der Waals surface area contributed by atoms with E-state index < -0.39 is 0 Å². The summed E-state index contributed by atoms with van der Waals surface area (Å²) in [6.45, 7) is 10.5. The number of nitrogens with one attached hydrogen (secondary N) is 2. The summed E-state index contributed by atoms with van der Waals surface area (Å²) in [7, 11) is 0. The molecule has 0 aliphatic rings. The summed E-state index contributed by atoms with van der Waals surface area (Å²) in [5.74, 6) is 0.631. The molecule has 0 aliphatic carbocycles. The molecule has 7 heteroatoms. The lowest BCUT2D eigenvalue weighted by Gasteiger charge is -2.16. The number of benzene rings is 2. The number of carbonyl (C=O) groups excluding carboxylic acids is 1. The second kappa shape index (κ2) is 13.2. The highest BCUT2D eigenvalue weighted by molar-refractivity contribution is 6.32. The second-order valence-electron chi connectivity index (χ2n) is 7.49. The van der Waals surface area contributed by atoms with Crippen molar-refractivity contribution >= 4 is 23.2 Å². The highest BCUT2D eigenvalue weighted by Gasteiger charge is 2.14. The van der Waals surface area contributed by atoms with Gasteiger partial charge < -0.3 is 24.8 Å². The predicted molar refractivity (Wildman–Crippen MR) is 125 cm³/mol. The van der Waals surface area contributed by atoms with Gasteiger partial charge in [0, 0.05) is 18.8 Å². The molecule has 0 saturated heterocycles. The van der Waals surface area contributed by atoms with Crippen LogP contribution in [0.15, 0.2) is 36.4 Å². The first-order valence-electron chi connectivity index (χ1n) is 10.7. The van der Waals surface area contributed by atoms with E-state index in [1.807, 2.05) is 64.1 Å². The number of rotatable bonds is 13. The Morgan fingerprint density at radius 3 is 2.55 bits per heavy atom. The fourth-order valence-corrected chi connectivity index (χ4v) is 3.13. The Kier molecular flexibility index (Phi) is 10.6. The van der Waals surface area contributed by atoms with Crippen LogP contribution < -0.4 is 20.1 Å². The number of aryl methyl sites for hydroxylation is 1. The first-order valence-corrected chi connectivity index (χ1v) is 11.0. The Bertz CT molecular complexity index is 825. The molecular weight excluding hydrogens is 416 g/mol. The molecular formula is C24H33ClN2O4. The number of halogens is 1. The van der Waals surface area contributed by atoms with Crippen molar-refractivity contribution in [3.63, 3.8) is 0 Å². The Morgan fingerprint density at radius 2 is 1.87 bits per heavy atom. The number of carbonyl (C=O) groups is 1. The van der Waals surface area contributed by atoms with Crippen LogP contribution in [0.4, 0.5) is 5.69 Å². The molecule has 2 aromatic rings. The summed E-state index contributed by atoms with van der Waals surface area (Å²) in [5.41, 5.74) is 2.83. The lowest BCUT2D eigenvalue weighted by molar-refractivity contribution is -0.118. The third kappa shape index (κ3) is 9.17. The Balaban J connectivity index is 1.91. The fourth-order valence-electron chi connectivity index (χ4n) is 2.85. The number of ether oxygens (including phenoxy) is 3. The van der Waals surface area contributed by atoms with Gasteiger partial charge in [0.2, 0.25) is 0 Å². The van der Waals surface area contributed by atoms with Gasteiger partial charge in [-0.2, -0.15) is 0 Å². The third-order valence-corrected chi connectivity index (χ3v) is 4.61. The monoisotopic (exact) mass is 448 g/mol. The smallest absolute Gasteiger partial charge is 0.262 e. The maximum Gasteiger partial charge on any atom is 0.262 e. The van der Waals surface area contributed by atoms with Gasteiger partial charge in [-0.1, -0.05) is 29.3 Å². The van der Waals surface area contributed by atoms with Gasteiger partial charge in [0.15, 0.2) is 18.1 Å². The first-order chi connectivity index (χ1) is 14.9. The minimum absolute atomic E-state index is 0.166. The molecule has 2 N–H and O–H groups in total. The quantitative estimate of drug-likeness (QED) is 0.423. The molecule has 0 unspecified atom stereocenters. The average molecular weight is 449 g/mol. The molecule has 1 amide bonds. The van der Waals surface area contributed by atoms with Gasteiger partial charge in [0.05, 0.1) is 17.7 Å². The van der Waals surface area contributed by atoms with E-state index in [-0.39, 0.29) is 18.6 Å². The molecule has 2 aromatic carbocycles. The standard InChI is InChI=1S/C24H33ClN2O4/c1-5-29-22-14-19(15-26-11-6-12-30-17(2)3)13-21(25)24(22)31-16-23(28)27-20-9-7-18(4)8-10-20/h7-10,13-14,17,26H,5-6,11-12,15-16H2,1-4H3,(H,27,28). The highest BCUT2D eigenvalue weighted by Crippen LogP contribution is 2.36. The Labute approximate surface area is 190 Å². The topological polar surface area (TPSA) is 68.8 Å². The van der Waals surface area contributed by atoms with Crippen molar-refractivity contribution < 1.29 is 19.0 Å². The molecule has 0 heterocycles. The second-order valence-corrected chi connectivity index (χ2v) is 7.90. The molecule has 0 aromatic heterocycles. The van der Waals surface area contributed by atoms with Gasteiger partial charge in [-0.3, -0.25) is 4.79 Å². The zero-order valence-corrected chi connectivity index (χ0v) is 19.6. The largest absolute Gasteiger partial charge is 0.490 e. The van der Waals surface area contributed by atoms with Crippen molar-refractivity contribution in [2.24, 2.45) is 0 Å². The van der Waals surface area contributed by atoms with Crippen LogP contribution in [-0.4, -0.2) is 38.4 Å². The van der Waals surface area contributed by atoms with E-state index in [1.54, 1.807) is 0 Å². The van der Waals surface area contributed by atoms with Crippen LogP contribution in [-0.2, 0) is 16.1 Å². The van der Waals surface area contributed by atoms with Crippen LogP contribution in [0.25, 0.3) is 0 Å². The zero-order chi connectivity index (χ0) is 22.6. The molecule has 0 saturated carbocycles. The maximum atomic E-state index is 12.2. The molecule has 31 heavy (non-hydrogen) atoms. The minimum atomic E-state index is -0.267. The summed E-state index contributed by atoms with van der Waals surface area (Å²) in [4.78, 5) is 12.2. The number of amides is 1. The van der Waals surface area contributed by atoms with Crippen molar-refractivity contribution in [1.82, 2.24) is 5.32 Å². The van der Waals surface area contributed by atoms with E-state index in [0.717, 1.165) is 36.4 Å². The summed E-state index contributed by atoms with van der Waals surface area (Å²) in [5, 5.41) is 6.59. The van der Waals surface area contributed by atoms with E-state index in [4.69, 9.17) is 25.8 Å². The lowest BCUT2D eigenvalue weighted by atomic mass is 10.2. The van der Waals surface area contributed by atoms with Crippen LogP contribution in [0.2, 0.25) is 5.02 Å². The molecule has 6 nitrogen and oxygen atoms in total. The summed E-state index contributed by atoms with van der Waals surface area (Å²) < 4.78 is 17.0. The normalized spacial score (nSPS) is 10.9. The molecule has 0 bridgehead atoms. The first kappa shape index (κ1) is 25.0. The van der Waals surface area contributed by atoms with Crippen molar-refractivity contribution in [3.8, 4) is 11.5 Å². The van der Waals surface area contributed by atoms with Crippen LogP contribution >= 0.6 is 11.6 Å². The lowest BCUT2D eigenvalue weighted by Crippen LogP contribution is -2.20. The van der Waals surface area contributed by atoms with E-state index >= 15 is 0 Å². The van der Waals surface area contributed by atoms with Gasteiger partial charge in [-0.15, -0.1) is 0 Å². The number of hydrogen-bond donors (Lipinski definition) is 2. The van der Waals surface area contributed by atoms with E-state index in [0.29, 0.717) is 29.7 Å². The van der Waals surface area contributed by atoms with E-state index in [2.05, 4.69) is 10.6 Å². The van der Waals surface area contributed by atoms with Crippen molar-refractivity contribution in [2.45, 2.75) is 46.8 Å². The number of anilines is 1. The molecule has 0 atom stereocenters. The van der Waals surface area contributed by atoms with Gasteiger partial charge >= 0.3 is 0 Å². The summed E-state index contributed by atoms with van der Waals surface area (Å²) in [6, 6.07) is 11.3. The van der Waals surface area contributed by atoms with Crippen LogP contribution in [0.1, 0.15) is 38.3 Å². The molecule has 0 aliphatic heterocycles. The molecule has 0 radical (unpaired) electrons. The van der Waals surface area contributed by atoms with Crippen molar-refractivity contribution in [3.05, 3.63) is 52.5 Å². The van der Waals surface area contributed by atoms with E-state index in [1.165, 1.54) is 0 Å². The van der Waals surface area contributed by atoms with Gasteiger partial charge in [-0.25, -0.2) is 0 Å². The van der Waals surface area contributed by atoms with Crippen LogP contribution in [0, 0.1) is 6.92 Å². The molecule has 0 spiro atoms. The summed E-state index contributed by atoms with van der Waals surface area (Å²) in [6.07, 6.45) is 1.18. The van der Waals surface area contributed by atoms with Gasteiger partial charge in [0.25, 0.3) is 5.91 Å². The van der Waals surface area contributed by atoms with E-state index in [9.17, 15) is 4.79 Å². The van der Waals surface area contributed by atoms with Crippen molar-refractivity contribution in [1.29, 1.82) is 0 Å². The summed E-state index contributed by atoms with van der Waals surface area (Å²) >= 11 is 6.44. The van der Waals surface area contributed by atoms with Gasteiger partial charge in [0.1, 0.15) is 0 Å². The van der Waals surface area contributed by atoms with Crippen molar-refractivity contribution in [2.75, 3.05) is 31.7 Å². The molecule has 170 valence electrons. The minimum Gasteiger partial charge on any atom is -0.490 e. The van der Waals surface area contributed by atoms with Crippen LogP contribution in [0.5, 0.6) is 11.5 Å². The molecule has 0 fully saturated rings. The number of hydrogen-bond acceptors (Lipinski definition) is 5. The predicted octanol–water partition coefficient (Wildman–Crippen LogP) is 4.97. The fraction of sp³-hybridized carbons (Fsp3) is 0.458. The van der Waals surface area contributed by atoms with Crippen LogP contribution in [0.3, 0.4) is 0 Å². The maximum absolute atomic E-state index is 12.2. The Hall–Kier alpha value is -2.28. The highest BCUT2D eigenvalue weighted by atomic mass is 35.5. The van der Waals surface area contributed by atoms with Gasteiger partial charge in [-0.05, 0) is 70.5 Å².